The molecule has 0 spiro atoms. The third-order valence-corrected chi connectivity index (χ3v) is 3.34. The Morgan fingerprint density at radius 2 is 1.25 bits per heavy atom. The number of thiol groups is 2. The van der Waals surface area contributed by atoms with E-state index in [0.29, 0.717) is 24.3 Å². The van der Waals surface area contributed by atoms with Gasteiger partial charge in [0, 0.05) is 5.75 Å². The minimum Gasteiger partial charge on any atom is -0.748 e. The third kappa shape index (κ3) is 103. The van der Waals surface area contributed by atoms with Gasteiger partial charge in [-0.25, -0.2) is 8.42 Å². The molecule has 0 rings (SSSR count). The van der Waals surface area contributed by atoms with Crippen molar-refractivity contribution in [2.24, 2.45) is 22.9 Å². The highest BCUT2D eigenvalue weighted by atomic mass is 32.2. The molecule has 148 valence electrons. The highest BCUT2D eigenvalue weighted by molar-refractivity contribution is 7.86. The lowest BCUT2D eigenvalue weighted by Crippen LogP contribution is -2.20. The molecule has 11 nitrogen and oxygen atoms in total. The topological polar surface area (TPSA) is 239 Å². The second kappa shape index (κ2) is 18.5. The fourth-order valence-corrected chi connectivity index (χ4v) is 2.24. The van der Waals surface area contributed by atoms with Crippen molar-refractivity contribution < 1.29 is 25.9 Å². The van der Waals surface area contributed by atoms with Gasteiger partial charge >= 0.3 is 0 Å². The Morgan fingerprint density at radius 1 is 1.00 bits per heavy atom. The summed E-state index contributed by atoms with van der Waals surface area (Å²) in [6, 6.07) is 0. The molecule has 0 fully saturated rings. The second-order valence-electron chi connectivity index (χ2n) is 3.73. The highest BCUT2D eigenvalue weighted by Crippen LogP contribution is 1.89. The summed E-state index contributed by atoms with van der Waals surface area (Å²) >= 11 is 7.49. The summed E-state index contributed by atoms with van der Waals surface area (Å²) in [6.45, 7) is 3.11. The number of rotatable bonds is 6. The molecule has 0 aromatic heterocycles. The molecule has 0 saturated heterocycles. The standard InChI is InChI=1S/2C3H8O3S2.C2H6N2.CH5N3/c2*4-8(5,6)3-1-2-7;1-2(3)4;2-1(3)4/h2*7H,1-3H2,(H,4,5,6);1,3-4H2;(H5,2,3,4)/p-1. The first-order valence-corrected chi connectivity index (χ1v) is 10.4. The van der Waals surface area contributed by atoms with Crippen molar-refractivity contribution in [2.75, 3.05) is 23.0 Å². The molecule has 0 heterocycles. The molecule has 0 radical (unpaired) electrons. The molecule has 10 N–H and O–H groups in total. The van der Waals surface area contributed by atoms with Gasteiger partial charge in [-0.05, 0) is 24.3 Å². The summed E-state index contributed by atoms with van der Waals surface area (Å²) in [5, 5.41) is 6.06. The van der Waals surface area contributed by atoms with Gasteiger partial charge in [-0.2, -0.15) is 33.7 Å². The van der Waals surface area contributed by atoms with Crippen LogP contribution in [-0.2, 0) is 20.2 Å². The van der Waals surface area contributed by atoms with E-state index in [1.807, 2.05) is 0 Å². The van der Waals surface area contributed by atoms with Crippen molar-refractivity contribution in [1.29, 1.82) is 5.41 Å². The van der Waals surface area contributed by atoms with Crippen molar-refractivity contribution in [3.8, 4) is 0 Å². The first-order chi connectivity index (χ1) is 10.6. The Morgan fingerprint density at radius 3 is 1.33 bits per heavy atom. The van der Waals surface area contributed by atoms with Crippen LogP contribution in [0, 0.1) is 5.41 Å². The fourth-order valence-electron chi connectivity index (χ4n) is 0.488. The van der Waals surface area contributed by atoms with Crippen LogP contribution in [0.1, 0.15) is 12.8 Å². The van der Waals surface area contributed by atoms with Crippen LogP contribution in [0.15, 0.2) is 12.4 Å². The average molecular weight is 429 g/mol. The van der Waals surface area contributed by atoms with E-state index in [2.05, 4.69) is 43.3 Å². The Bertz CT molecular complexity index is 467. The molecule has 0 saturated carbocycles. The Labute approximate surface area is 154 Å². The Hall–Kier alpha value is -0.870. The lowest BCUT2D eigenvalue weighted by atomic mass is 10.6. The van der Waals surface area contributed by atoms with Gasteiger partial charge in [-0.1, -0.05) is 6.58 Å². The predicted octanol–water partition coefficient (Wildman–Crippen LogP) is -1.74. The van der Waals surface area contributed by atoms with Gasteiger partial charge < -0.3 is 27.5 Å². The number of nitrogens with two attached hydrogens (primary N) is 4. The smallest absolute Gasteiger partial charge is 0.264 e. The van der Waals surface area contributed by atoms with Crippen molar-refractivity contribution in [3.63, 3.8) is 0 Å². The van der Waals surface area contributed by atoms with E-state index in [4.69, 9.17) is 21.4 Å². The summed E-state index contributed by atoms with van der Waals surface area (Å²) in [5.41, 5.74) is 18.3. The lowest BCUT2D eigenvalue weighted by Gasteiger charge is -2.02. The summed E-state index contributed by atoms with van der Waals surface area (Å²) < 4.78 is 57.3. The van der Waals surface area contributed by atoms with Crippen molar-refractivity contribution in [2.45, 2.75) is 12.8 Å². The maximum Gasteiger partial charge on any atom is 0.264 e. The summed E-state index contributed by atoms with van der Waals surface area (Å²) in [6.07, 6.45) is 0.747. The monoisotopic (exact) mass is 428 g/mol. The van der Waals surface area contributed by atoms with E-state index in [1.54, 1.807) is 0 Å². The number of nitrogens with one attached hydrogen (secondary N) is 1. The van der Waals surface area contributed by atoms with Gasteiger partial charge in [0.15, 0.2) is 5.96 Å². The number of hydrogen-bond acceptors (Lipinski definition) is 10. The first-order valence-electron chi connectivity index (χ1n) is 5.98. The van der Waals surface area contributed by atoms with E-state index in [-0.39, 0.29) is 23.3 Å². The molecular weight excluding hydrogens is 402 g/mol. The van der Waals surface area contributed by atoms with Gasteiger partial charge in [0.1, 0.15) is 0 Å². The van der Waals surface area contributed by atoms with Crippen LogP contribution >= 0.6 is 25.3 Å². The SMILES string of the molecule is C=C(N)N.N=C(N)N.O=S(=O)(O)CCCS.O=S(=O)([O-])CCCS. The molecule has 0 atom stereocenters. The van der Waals surface area contributed by atoms with Crippen molar-refractivity contribution >= 4 is 51.5 Å². The van der Waals surface area contributed by atoms with E-state index in [9.17, 15) is 21.4 Å². The van der Waals surface area contributed by atoms with Crippen LogP contribution in [0.2, 0.25) is 0 Å². The molecule has 0 aromatic carbocycles. The normalized spacial score (nSPS) is 9.83. The van der Waals surface area contributed by atoms with E-state index >= 15 is 0 Å². The molecular formula is C9H26N5O6S4-. The van der Waals surface area contributed by atoms with Crippen LogP contribution in [0.25, 0.3) is 0 Å². The van der Waals surface area contributed by atoms with E-state index in [0.717, 1.165) is 0 Å². The van der Waals surface area contributed by atoms with Gasteiger partial charge in [-0.3, -0.25) is 9.96 Å². The summed E-state index contributed by atoms with van der Waals surface area (Å²) in [7, 11) is -7.72. The summed E-state index contributed by atoms with van der Waals surface area (Å²) in [5.74, 6) is 0.286. The fraction of sp³-hybridized carbons (Fsp3) is 0.667. The zero-order chi connectivity index (χ0) is 20.4. The molecule has 0 amide bonds. The average Bonchev–Trinajstić information content (AvgIpc) is 2.31. The second-order valence-corrected chi connectivity index (χ2v) is 7.72. The minimum absolute atomic E-state index is 0.167. The van der Waals surface area contributed by atoms with Crippen LogP contribution in [0.3, 0.4) is 0 Å². The van der Waals surface area contributed by atoms with Gasteiger partial charge in [0.2, 0.25) is 0 Å². The molecule has 0 aliphatic heterocycles. The number of guanidine groups is 1. The Kier molecular flexibility index (Phi) is 23.8. The summed E-state index contributed by atoms with van der Waals surface area (Å²) in [4.78, 5) is 0. The molecule has 0 aromatic rings. The van der Waals surface area contributed by atoms with Crippen LogP contribution in [0.5, 0.6) is 0 Å². The lowest BCUT2D eigenvalue weighted by molar-refractivity contribution is 0.462. The highest BCUT2D eigenvalue weighted by Gasteiger charge is 2.00. The largest absolute Gasteiger partial charge is 0.748 e. The zero-order valence-corrected chi connectivity index (χ0v) is 16.4. The Balaban J connectivity index is -0.000000117. The van der Waals surface area contributed by atoms with Gasteiger partial charge in [-0.15, -0.1) is 0 Å². The van der Waals surface area contributed by atoms with Crippen LogP contribution < -0.4 is 22.9 Å². The quantitative estimate of drug-likeness (QED) is 0.103. The molecule has 0 aliphatic carbocycles. The number of hydrogen-bond donors (Lipinski definition) is 8. The van der Waals surface area contributed by atoms with Crippen molar-refractivity contribution in [1.82, 2.24) is 0 Å². The van der Waals surface area contributed by atoms with Gasteiger partial charge in [0.05, 0.1) is 21.7 Å². The molecule has 15 heteroatoms. The molecule has 0 aliphatic rings. The molecule has 24 heavy (non-hydrogen) atoms. The maximum absolute atomic E-state index is 9.91. The predicted molar refractivity (Wildman–Crippen MR) is 102 cm³/mol. The maximum atomic E-state index is 9.91. The minimum atomic E-state index is -3.99. The third-order valence-electron chi connectivity index (χ3n) is 1.11. The van der Waals surface area contributed by atoms with Gasteiger partial charge in [0.25, 0.3) is 10.1 Å². The van der Waals surface area contributed by atoms with Crippen LogP contribution in [0.4, 0.5) is 0 Å². The van der Waals surface area contributed by atoms with E-state index in [1.165, 1.54) is 0 Å². The van der Waals surface area contributed by atoms with Crippen LogP contribution in [-0.4, -0.2) is 54.9 Å². The zero-order valence-electron chi connectivity index (χ0n) is 13.0. The molecule has 0 bridgehead atoms. The molecule has 0 unspecified atom stereocenters. The first kappa shape index (κ1) is 31.0. The van der Waals surface area contributed by atoms with Crippen molar-refractivity contribution in [3.05, 3.63) is 12.4 Å². The van der Waals surface area contributed by atoms with E-state index < -0.39 is 20.2 Å².